The molecular weight excluding hydrogens is 256 g/mol. The Morgan fingerprint density at radius 3 is 2.84 bits per heavy atom. The monoisotopic (exact) mass is 272 g/mol. The first-order chi connectivity index (χ1) is 9.31. The van der Waals surface area contributed by atoms with Gasteiger partial charge in [0.2, 0.25) is 0 Å². The van der Waals surface area contributed by atoms with Gasteiger partial charge in [-0.2, -0.15) is 0 Å². The first-order valence-corrected chi connectivity index (χ1v) is 7.18. The van der Waals surface area contributed by atoms with Gasteiger partial charge in [0.15, 0.2) is 0 Å². The third-order valence-corrected chi connectivity index (χ3v) is 4.33. The molecule has 2 aromatic carbocycles. The van der Waals surface area contributed by atoms with Gasteiger partial charge < -0.3 is 9.47 Å². The second kappa shape index (κ2) is 5.29. The maximum absolute atomic E-state index is 5.68. The van der Waals surface area contributed by atoms with Crippen molar-refractivity contribution in [3.05, 3.63) is 47.3 Å². The zero-order valence-electron chi connectivity index (χ0n) is 11.1. The van der Waals surface area contributed by atoms with Gasteiger partial charge in [0.1, 0.15) is 6.79 Å². The quantitative estimate of drug-likeness (QED) is 0.639. The largest absolute Gasteiger partial charge is 0.359 e. The van der Waals surface area contributed by atoms with Crippen LogP contribution in [0.2, 0.25) is 0 Å². The Morgan fingerprint density at radius 1 is 1.16 bits per heavy atom. The molecule has 0 unspecified atom stereocenters. The van der Waals surface area contributed by atoms with Crippen molar-refractivity contribution < 1.29 is 9.47 Å². The molecule has 3 rings (SSSR count). The molecule has 0 saturated carbocycles. The summed E-state index contributed by atoms with van der Waals surface area (Å²) in [7, 11) is 1.65. The number of ether oxygens (including phenoxy) is 2. The fourth-order valence-electron chi connectivity index (χ4n) is 2.39. The summed E-state index contributed by atoms with van der Waals surface area (Å²) in [5, 5.41) is 6.07. The van der Waals surface area contributed by atoms with E-state index in [0.29, 0.717) is 6.79 Å². The molecule has 0 fully saturated rings. The van der Waals surface area contributed by atoms with Crippen molar-refractivity contribution in [1.82, 2.24) is 0 Å². The summed E-state index contributed by atoms with van der Waals surface area (Å²) in [6.07, 6.45) is 0.0412. The van der Waals surface area contributed by atoms with Crippen molar-refractivity contribution >= 4 is 32.2 Å². The number of thiophene rings is 1. The van der Waals surface area contributed by atoms with Crippen molar-refractivity contribution in [2.24, 2.45) is 0 Å². The molecule has 0 bridgehead atoms. The van der Waals surface area contributed by atoms with Crippen LogP contribution in [0.1, 0.15) is 18.6 Å². The van der Waals surface area contributed by atoms with Crippen LogP contribution in [-0.2, 0) is 9.47 Å². The summed E-state index contributed by atoms with van der Waals surface area (Å²) >= 11 is 1.77. The maximum atomic E-state index is 5.68. The minimum atomic E-state index is 0.0412. The Labute approximate surface area is 116 Å². The predicted octanol–water partition coefficient (Wildman–Crippen LogP) is 4.74. The van der Waals surface area contributed by atoms with E-state index in [2.05, 4.69) is 48.7 Å². The van der Waals surface area contributed by atoms with E-state index in [4.69, 9.17) is 9.47 Å². The number of hydrogen-bond acceptors (Lipinski definition) is 3. The van der Waals surface area contributed by atoms with Gasteiger partial charge in [-0.25, -0.2) is 0 Å². The number of methoxy groups -OCH3 is 1. The van der Waals surface area contributed by atoms with Crippen LogP contribution in [0.3, 0.4) is 0 Å². The molecule has 0 spiro atoms. The van der Waals surface area contributed by atoms with Gasteiger partial charge in [-0.3, -0.25) is 0 Å². The molecule has 3 heteroatoms. The first kappa shape index (κ1) is 12.6. The van der Waals surface area contributed by atoms with Crippen LogP contribution in [-0.4, -0.2) is 13.9 Å². The van der Waals surface area contributed by atoms with Crippen LogP contribution in [0.4, 0.5) is 0 Å². The Balaban J connectivity index is 2.17. The normalized spacial score (nSPS) is 13.2. The maximum Gasteiger partial charge on any atom is 0.147 e. The van der Waals surface area contributed by atoms with Gasteiger partial charge in [0.05, 0.1) is 6.10 Å². The highest BCUT2D eigenvalue weighted by Crippen LogP contribution is 2.36. The van der Waals surface area contributed by atoms with Crippen LogP contribution >= 0.6 is 11.3 Å². The summed E-state index contributed by atoms with van der Waals surface area (Å²) in [5.41, 5.74) is 1.24. The third kappa shape index (κ3) is 2.25. The van der Waals surface area contributed by atoms with Crippen molar-refractivity contribution in [2.45, 2.75) is 13.0 Å². The second-order valence-corrected chi connectivity index (χ2v) is 5.48. The molecule has 0 N–H and O–H groups in total. The van der Waals surface area contributed by atoms with Crippen molar-refractivity contribution in [2.75, 3.05) is 13.9 Å². The predicted molar refractivity (Wildman–Crippen MR) is 80.7 cm³/mol. The van der Waals surface area contributed by atoms with Crippen LogP contribution < -0.4 is 0 Å². The molecule has 1 aromatic heterocycles. The van der Waals surface area contributed by atoms with E-state index >= 15 is 0 Å². The zero-order valence-corrected chi connectivity index (χ0v) is 11.9. The zero-order chi connectivity index (χ0) is 13.2. The summed E-state index contributed by atoms with van der Waals surface area (Å²) < 4.78 is 12.0. The fraction of sp³-hybridized carbons (Fsp3) is 0.250. The minimum absolute atomic E-state index is 0.0412. The molecule has 2 nitrogen and oxygen atoms in total. The lowest BCUT2D eigenvalue weighted by Gasteiger charge is -2.12. The Bertz CT molecular complexity index is 702. The average molecular weight is 272 g/mol. The minimum Gasteiger partial charge on any atom is -0.359 e. The van der Waals surface area contributed by atoms with E-state index in [1.54, 1.807) is 18.4 Å². The lowest BCUT2D eigenvalue weighted by molar-refractivity contribution is -0.0660. The summed E-state index contributed by atoms with van der Waals surface area (Å²) in [4.78, 5) is 0. The molecular formula is C16H16O2S. The van der Waals surface area contributed by atoms with Crippen molar-refractivity contribution in [3.63, 3.8) is 0 Å². The van der Waals surface area contributed by atoms with E-state index in [1.807, 2.05) is 0 Å². The van der Waals surface area contributed by atoms with Gasteiger partial charge in [-0.05, 0) is 34.7 Å². The van der Waals surface area contributed by atoms with Crippen LogP contribution in [0.15, 0.2) is 41.8 Å². The SMILES string of the molecule is COCO[C@H](C)c1csc2ccc3ccccc3c12. The molecule has 0 radical (unpaired) electrons. The molecule has 0 aliphatic heterocycles. The standard InChI is InChI=1S/C16H16O2S/c1-11(18-10-17-2)14-9-19-15-8-7-12-5-3-4-6-13(12)16(14)15/h3-9,11H,10H2,1-2H3/t11-/m1/s1. The molecule has 1 atom stereocenters. The molecule has 3 aromatic rings. The van der Waals surface area contributed by atoms with Gasteiger partial charge in [0.25, 0.3) is 0 Å². The van der Waals surface area contributed by atoms with Gasteiger partial charge in [-0.1, -0.05) is 30.3 Å². The molecule has 0 aliphatic rings. The summed E-state index contributed by atoms with van der Waals surface area (Å²) in [5.74, 6) is 0. The fourth-order valence-corrected chi connectivity index (χ4v) is 3.45. The van der Waals surface area contributed by atoms with E-state index in [0.717, 1.165) is 0 Å². The number of fused-ring (bicyclic) bond motifs is 3. The first-order valence-electron chi connectivity index (χ1n) is 6.30. The molecule has 0 amide bonds. The molecule has 0 saturated heterocycles. The van der Waals surface area contributed by atoms with E-state index in [1.165, 1.54) is 26.4 Å². The van der Waals surface area contributed by atoms with Crippen molar-refractivity contribution in [3.8, 4) is 0 Å². The molecule has 19 heavy (non-hydrogen) atoms. The third-order valence-electron chi connectivity index (χ3n) is 3.37. The van der Waals surface area contributed by atoms with E-state index in [-0.39, 0.29) is 6.10 Å². The van der Waals surface area contributed by atoms with E-state index in [9.17, 15) is 0 Å². The van der Waals surface area contributed by atoms with Gasteiger partial charge >= 0.3 is 0 Å². The number of rotatable bonds is 4. The molecule has 98 valence electrons. The Morgan fingerprint density at radius 2 is 2.00 bits per heavy atom. The average Bonchev–Trinajstić information content (AvgIpc) is 2.89. The van der Waals surface area contributed by atoms with Gasteiger partial charge in [-0.15, -0.1) is 11.3 Å². The molecule has 0 aliphatic carbocycles. The molecule has 1 heterocycles. The highest BCUT2D eigenvalue weighted by Gasteiger charge is 2.14. The summed E-state index contributed by atoms with van der Waals surface area (Å²) in [6, 6.07) is 12.9. The summed E-state index contributed by atoms with van der Waals surface area (Å²) in [6.45, 7) is 2.39. The smallest absolute Gasteiger partial charge is 0.147 e. The van der Waals surface area contributed by atoms with Crippen LogP contribution in [0, 0.1) is 0 Å². The lowest BCUT2D eigenvalue weighted by atomic mass is 10.0. The highest BCUT2D eigenvalue weighted by atomic mass is 32.1. The Kier molecular flexibility index (Phi) is 3.51. The number of hydrogen-bond donors (Lipinski definition) is 0. The number of benzene rings is 2. The topological polar surface area (TPSA) is 18.5 Å². The highest BCUT2D eigenvalue weighted by molar-refractivity contribution is 7.17. The van der Waals surface area contributed by atoms with Crippen LogP contribution in [0.25, 0.3) is 20.9 Å². The second-order valence-electron chi connectivity index (χ2n) is 4.57. The van der Waals surface area contributed by atoms with Gasteiger partial charge in [0, 0.05) is 17.2 Å². The Hall–Kier alpha value is -1.42. The van der Waals surface area contributed by atoms with Crippen LogP contribution in [0.5, 0.6) is 0 Å². The van der Waals surface area contributed by atoms with E-state index < -0.39 is 0 Å². The lowest BCUT2D eigenvalue weighted by Crippen LogP contribution is -2.02. The van der Waals surface area contributed by atoms with Crippen molar-refractivity contribution in [1.29, 1.82) is 0 Å².